The van der Waals surface area contributed by atoms with E-state index in [1.807, 2.05) is 35.0 Å². The van der Waals surface area contributed by atoms with Crippen LogP contribution in [-0.4, -0.2) is 61.0 Å². The molecule has 7 heteroatoms. The monoisotopic (exact) mass is 390 g/mol. The molecule has 6 nitrogen and oxygen atoms in total. The van der Waals surface area contributed by atoms with Crippen molar-refractivity contribution in [1.82, 2.24) is 14.5 Å². The number of hydrogen-bond acceptors (Lipinski definition) is 5. The second kappa shape index (κ2) is 9.80. The highest BCUT2D eigenvalue weighted by atomic mass is 32.2. The molecule has 1 aromatic heterocycles. The van der Waals surface area contributed by atoms with E-state index in [0.717, 1.165) is 34.3 Å². The van der Waals surface area contributed by atoms with Crippen molar-refractivity contribution in [3.8, 4) is 0 Å². The van der Waals surface area contributed by atoms with Crippen molar-refractivity contribution >= 4 is 23.4 Å². The third-order valence-electron chi connectivity index (χ3n) is 4.56. The van der Waals surface area contributed by atoms with Crippen LogP contribution in [0.4, 0.5) is 5.69 Å². The normalized spacial score (nSPS) is 10.9. The Morgan fingerprint density at radius 1 is 1.19 bits per heavy atom. The number of ether oxygens (including phenoxy) is 1. The zero-order valence-electron chi connectivity index (χ0n) is 17.2. The van der Waals surface area contributed by atoms with Gasteiger partial charge in [0, 0.05) is 52.7 Å². The van der Waals surface area contributed by atoms with Gasteiger partial charge in [0.1, 0.15) is 0 Å². The number of carbonyl (C=O) groups is 1. The number of hydrogen-bond donors (Lipinski definition) is 0. The molecule has 0 fully saturated rings. The minimum atomic E-state index is 0.0910. The minimum Gasteiger partial charge on any atom is -0.383 e. The zero-order valence-corrected chi connectivity index (χ0v) is 18.0. The average Bonchev–Trinajstić information content (AvgIpc) is 2.92. The first-order chi connectivity index (χ1) is 12.8. The number of thioether (sulfide) groups is 1. The topological polar surface area (TPSA) is 50.6 Å². The Kier molecular flexibility index (Phi) is 7.74. The van der Waals surface area contributed by atoms with E-state index in [1.165, 1.54) is 11.8 Å². The lowest BCUT2D eigenvalue weighted by Gasteiger charge is -2.18. The van der Waals surface area contributed by atoms with Crippen LogP contribution in [0.3, 0.4) is 0 Å². The summed E-state index contributed by atoms with van der Waals surface area (Å²) in [5.74, 6) is 0.461. The summed E-state index contributed by atoms with van der Waals surface area (Å²) >= 11 is 1.48. The number of benzene rings is 1. The summed E-state index contributed by atoms with van der Waals surface area (Å²) in [6.07, 6.45) is 0. The third-order valence-corrected chi connectivity index (χ3v) is 5.53. The molecule has 1 aromatic carbocycles. The van der Waals surface area contributed by atoms with E-state index in [2.05, 4.69) is 38.7 Å². The molecule has 0 atom stereocenters. The van der Waals surface area contributed by atoms with E-state index in [0.29, 0.717) is 18.9 Å². The fourth-order valence-corrected chi connectivity index (χ4v) is 3.74. The quantitative estimate of drug-likeness (QED) is 0.616. The number of amides is 1. The number of rotatable bonds is 9. The summed E-state index contributed by atoms with van der Waals surface area (Å²) in [6.45, 7) is 6.01. The number of carbonyl (C=O) groups excluding carboxylic acids is 1. The Hall–Kier alpha value is -1.99. The molecule has 0 saturated heterocycles. The van der Waals surface area contributed by atoms with Gasteiger partial charge in [-0.25, -0.2) is 4.98 Å². The number of nitrogens with zero attached hydrogens (tertiary/aromatic N) is 4. The lowest BCUT2D eigenvalue weighted by Crippen LogP contribution is -2.28. The van der Waals surface area contributed by atoms with Gasteiger partial charge < -0.3 is 19.1 Å². The van der Waals surface area contributed by atoms with Crippen molar-refractivity contribution < 1.29 is 9.53 Å². The number of methoxy groups -OCH3 is 1. The van der Waals surface area contributed by atoms with Crippen LogP contribution < -0.4 is 4.90 Å². The van der Waals surface area contributed by atoms with Gasteiger partial charge in [0.05, 0.1) is 18.1 Å². The SMILES string of the molecule is COCCn1c(SCC(=O)N(C)Cc2ccc(N(C)C)cc2)nc(C)c1C. The number of imidazole rings is 1. The van der Waals surface area contributed by atoms with Crippen molar-refractivity contribution in [2.45, 2.75) is 32.1 Å². The van der Waals surface area contributed by atoms with Gasteiger partial charge >= 0.3 is 0 Å². The molecular formula is C20H30N4O2S. The summed E-state index contributed by atoms with van der Waals surface area (Å²) in [4.78, 5) is 21.0. The maximum atomic E-state index is 12.5. The first-order valence-electron chi connectivity index (χ1n) is 8.99. The van der Waals surface area contributed by atoms with Gasteiger partial charge in [0.15, 0.2) is 5.16 Å². The summed E-state index contributed by atoms with van der Waals surface area (Å²) in [7, 11) is 7.57. The molecule has 2 aromatic rings. The fraction of sp³-hybridized carbons (Fsp3) is 0.500. The highest BCUT2D eigenvalue weighted by Crippen LogP contribution is 2.22. The lowest BCUT2D eigenvalue weighted by atomic mass is 10.2. The molecule has 27 heavy (non-hydrogen) atoms. The molecule has 0 aliphatic carbocycles. The van der Waals surface area contributed by atoms with Crippen molar-refractivity contribution in [2.24, 2.45) is 0 Å². The highest BCUT2D eigenvalue weighted by Gasteiger charge is 2.15. The Bertz CT molecular complexity index is 756. The average molecular weight is 391 g/mol. The molecular weight excluding hydrogens is 360 g/mol. The van der Waals surface area contributed by atoms with Crippen LogP contribution in [0.2, 0.25) is 0 Å². The molecule has 0 N–H and O–H groups in total. The Labute approximate surface area is 166 Å². The second-order valence-electron chi connectivity index (χ2n) is 6.81. The highest BCUT2D eigenvalue weighted by molar-refractivity contribution is 7.99. The molecule has 0 spiro atoms. The molecule has 148 valence electrons. The van der Waals surface area contributed by atoms with Gasteiger partial charge in [-0.3, -0.25) is 4.79 Å². The van der Waals surface area contributed by atoms with Crippen molar-refractivity contribution in [3.05, 3.63) is 41.2 Å². The Balaban J connectivity index is 1.94. The van der Waals surface area contributed by atoms with Crippen molar-refractivity contribution in [2.75, 3.05) is 45.5 Å². The smallest absolute Gasteiger partial charge is 0.233 e. The largest absolute Gasteiger partial charge is 0.383 e. The molecule has 0 radical (unpaired) electrons. The van der Waals surface area contributed by atoms with Gasteiger partial charge in [-0.2, -0.15) is 0 Å². The number of aryl methyl sites for hydroxylation is 1. The molecule has 1 heterocycles. The molecule has 0 bridgehead atoms. The first kappa shape index (κ1) is 21.3. The molecule has 0 aliphatic rings. The van der Waals surface area contributed by atoms with Crippen LogP contribution in [0, 0.1) is 13.8 Å². The van der Waals surface area contributed by atoms with E-state index in [1.54, 1.807) is 12.0 Å². The third kappa shape index (κ3) is 5.74. The van der Waals surface area contributed by atoms with Gasteiger partial charge in [0.2, 0.25) is 5.91 Å². The fourth-order valence-electron chi connectivity index (χ4n) is 2.68. The maximum absolute atomic E-state index is 12.5. The zero-order chi connectivity index (χ0) is 20.0. The van der Waals surface area contributed by atoms with E-state index in [4.69, 9.17) is 4.74 Å². The van der Waals surface area contributed by atoms with Crippen molar-refractivity contribution in [3.63, 3.8) is 0 Å². The van der Waals surface area contributed by atoms with Gasteiger partial charge in [-0.05, 0) is 31.5 Å². The second-order valence-corrected chi connectivity index (χ2v) is 7.75. The first-order valence-corrected chi connectivity index (χ1v) is 9.97. The Morgan fingerprint density at radius 2 is 1.85 bits per heavy atom. The summed E-state index contributed by atoms with van der Waals surface area (Å²) in [5, 5.41) is 0.874. The van der Waals surface area contributed by atoms with Crippen LogP contribution >= 0.6 is 11.8 Å². The van der Waals surface area contributed by atoms with Gasteiger partial charge in [-0.15, -0.1) is 0 Å². The van der Waals surface area contributed by atoms with Crippen LogP contribution in [0.5, 0.6) is 0 Å². The predicted octanol–water partition coefficient (Wildman–Crippen LogP) is 2.96. The standard InChI is InChI=1S/C20H30N4O2S/c1-15-16(2)24(11-12-26-6)20(21-15)27-14-19(25)23(5)13-17-7-9-18(10-8-17)22(3)4/h7-10H,11-14H2,1-6H3. The van der Waals surface area contributed by atoms with Crippen LogP contribution in [0.15, 0.2) is 29.4 Å². The molecule has 1 amide bonds. The maximum Gasteiger partial charge on any atom is 0.233 e. The van der Waals surface area contributed by atoms with Crippen molar-refractivity contribution in [1.29, 1.82) is 0 Å². The number of aromatic nitrogens is 2. The predicted molar refractivity (Wildman–Crippen MR) is 112 cm³/mol. The molecule has 0 aliphatic heterocycles. The van der Waals surface area contributed by atoms with Gasteiger partial charge in [-0.1, -0.05) is 23.9 Å². The van der Waals surface area contributed by atoms with E-state index in [-0.39, 0.29) is 5.91 Å². The Morgan fingerprint density at radius 3 is 2.44 bits per heavy atom. The van der Waals surface area contributed by atoms with Gasteiger partial charge in [0.25, 0.3) is 0 Å². The summed E-state index contributed by atoms with van der Waals surface area (Å²) < 4.78 is 7.30. The molecule has 0 saturated carbocycles. The van der Waals surface area contributed by atoms with E-state index in [9.17, 15) is 4.79 Å². The summed E-state index contributed by atoms with van der Waals surface area (Å²) in [5.41, 5.74) is 4.39. The van der Waals surface area contributed by atoms with Crippen LogP contribution in [0.1, 0.15) is 17.0 Å². The van der Waals surface area contributed by atoms with E-state index >= 15 is 0 Å². The van der Waals surface area contributed by atoms with E-state index < -0.39 is 0 Å². The minimum absolute atomic E-state index is 0.0910. The lowest BCUT2D eigenvalue weighted by molar-refractivity contribution is -0.127. The molecule has 0 unspecified atom stereocenters. The van der Waals surface area contributed by atoms with Crippen LogP contribution in [-0.2, 0) is 22.6 Å². The number of anilines is 1. The molecule has 2 rings (SSSR count). The summed E-state index contributed by atoms with van der Waals surface area (Å²) in [6, 6.07) is 8.27. The van der Waals surface area contributed by atoms with Crippen LogP contribution in [0.25, 0.3) is 0 Å².